The van der Waals surface area contributed by atoms with Gasteiger partial charge in [-0.3, -0.25) is 4.72 Å². The van der Waals surface area contributed by atoms with Gasteiger partial charge in [-0.15, -0.1) is 0 Å². The van der Waals surface area contributed by atoms with Gasteiger partial charge in [-0.2, -0.15) is 0 Å². The minimum Gasteiger partial charge on any atom is -0.465 e. The minimum atomic E-state index is -4.19. The third-order valence-electron chi connectivity index (χ3n) is 2.45. The summed E-state index contributed by atoms with van der Waals surface area (Å²) in [4.78, 5) is 18.4. The molecule has 0 aliphatic heterocycles. The Balaban J connectivity index is 2.49. The lowest BCUT2D eigenvalue weighted by molar-refractivity contribution is 0.0596. The number of ether oxygens (including phenoxy) is 1. The molecule has 0 saturated heterocycles. The zero-order valence-electron chi connectivity index (χ0n) is 10.8. The number of anilines is 1. The highest BCUT2D eigenvalue weighted by atomic mass is 32.2. The molecular weight excluding hydrogens is 301 g/mol. The third-order valence-corrected chi connectivity index (χ3v) is 3.87. The highest BCUT2D eigenvalue weighted by Gasteiger charge is 2.24. The molecule has 1 aromatic heterocycles. The van der Waals surface area contributed by atoms with Crippen molar-refractivity contribution in [2.24, 2.45) is 0 Å². The third kappa shape index (κ3) is 3.31. The van der Waals surface area contributed by atoms with E-state index >= 15 is 0 Å². The maximum Gasteiger partial charge on any atom is 0.339 e. The van der Waals surface area contributed by atoms with E-state index in [1.165, 1.54) is 18.7 Å². The molecule has 0 aliphatic rings. The highest BCUT2D eigenvalue weighted by molar-refractivity contribution is 7.92. The zero-order valence-corrected chi connectivity index (χ0v) is 11.6. The second-order valence-corrected chi connectivity index (χ2v) is 5.52. The number of rotatable bonds is 4. The van der Waals surface area contributed by atoms with Crippen molar-refractivity contribution in [2.75, 3.05) is 11.8 Å². The van der Waals surface area contributed by atoms with Gasteiger partial charge >= 0.3 is 5.97 Å². The van der Waals surface area contributed by atoms with Crippen LogP contribution < -0.4 is 4.72 Å². The van der Waals surface area contributed by atoms with E-state index in [9.17, 15) is 17.6 Å². The molecule has 2 rings (SSSR count). The van der Waals surface area contributed by atoms with Gasteiger partial charge in [0.1, 0.15) is 17.0 Å². The molecule has 0 amide bonds. The lowest BCUT2D eigenvalue weighted by atomic mass is 10.2. The molecule has 0 unspecified atom stereocenters. The molecule has 0 saturated carbocycles. The van der Waals surface area contributed by atoms with Crippen molar-refractivity contribution in [3.8, 4) is 0 Å². The van der Waals surface area contributed by atoms with E-state index in [-0.39, 0.29) is 11.3 Å². The van der Waals surface area contributed by atoms with Crippen molar-refractivity contribution < 1.29 is 22.3 Å². The summed E-state index contributed by atoms with van der Waals surface area (Å²) in [5.74, 6) is -1.69. The normalized spacial score (nSPS) is 11.0. The zero-order chi connectivity index (χ0) is 15.5. The van der Waals surface area contributed by atoms with Gasteiger partial charge in [0.25, 0.3) is 10.0 Å². The van der Waals surface area contributed by atoms with E-state index in [0.29, 0.717) is 0 Å². The van der Waals surface area contributed by atoms with E-state index in [2.05, 4.69) is 19.4 Å². The van der Waals surface area contributed by atoms with Crippen LogP contribution in [0.1, 0.15) is 10.4 Å². The molecular formula is C12H10FN3O4S. The van der Waals surface area contributed by atoms with Crippen LogP contribution >= 0.6 is 0 Å². The molecule has 9 heteroatoms. The Hall–Kier alpha value is -2.55. The Morgan fingerprint density at radius 1 is 1.29 bits per heavy atom. The Kier molecular flexibility index (Phi) is 4.13. The molecule has 1 N–H and O–H groups in total. The van der Waals surface area contributed by atoms with E-state index in [1.807, 2.05) is 0 Å². The molecule has 110 valence electrons. The van der Waals surface area contributed by atoms with Crippen LogP contribution in [0.4, 0.5) is 10.1 Å². The van der Waals surface area contributed by atoms with E-state index in [4.69, 9.17) is 0 Å². The quantitative estimate of drug-likeness (QED) is 0.852. The number of carbonyl (C=O) groups excluding carboxylic acids is 1. The number of hydrogen-bond donors (Lipinski definition) is 1. The van der Waals surface area contributed by atoms with Gasteiger partial charge in [0.15, 0.2) is 0 Å². The fourth-order valence-corrected chi connectivity index (χ4v) is 2.79. The van der Waals surface area contributed by atoms with Crippen molar-refractivity contribution >= 4 is 21.7 Å². The predicted octanol–water partition coefficient (Wildman–Crippen LogP) is 1.20. The molecule has 21 heavy (non-hydrogen) atoms. The Bertz CT molecular complexity index is 765. The minimum absolute atomic E-state index is 0.0811. The van der Waals surface area contributed by atoms with Crippen LogP contribution in [0.25, 0.3) is 0 Å². The van der Waals surface area contributed by atoms with Crippen LogP contribution in [0.3, 0.4) is 0 Å². The summed E-state index contributed by atoms with van der Waals surface area (Å²) < 4.78 is 44.5. The van der Waals surface area contributed by atoms with Crippen LogP contribution in [0.15, 0.2) is 41.8 Å². The van der Waals surface area contributed by atoms with Crippen LogP contribution in [-0.4, -0.2) is 31.5 Å². The van der Waals surface area contributed by atoms with Gasteiger partial charge in [-0.05, 0) is 18.2 Å². The predicted molar refractivity (Wildman–Crippen MR) is 70.6 cm³/mol. The molecule has 2 aromatic rings. The van der Waals surface area contributed by atoms with Gasteiger partial charge in [0.2, 0.25) is 0 Å². The van der Waals surface area contributed by atoms with Crippen molar-refractivity contribution in [2.45, 2.75) is 4.90 Å². The average molecular weight is 311 g/mol. The van der Waals surface area contributed by atoms with Crippen molar-refractivity contribution in [1.29, 1.82) is 0 Å². The monoisotopic (exact) mass is 311 g/mol. The highest BCUT2D eigenvalue weighted by Crippen LogP contribution is 2.21. The number of aromatic nitrogens is 2. The molecule has 0 spiro atoms. The van der Waals surface area contributed by atoms with Crippen LogP contribution in [0.2, 0.25) is 0 Å². The number of nitrogens with zero attached hydrogens (tertiary/aromatic N) is 2. The Morgan fingerprint density at radius 2 is 1.95 bits per heavy atom. The van der Waals surface area contributed by atoms with Crippen molar-refractivity contribution in [1.82, 2.24) is 9.97 Å². The van der Waals surface area contributed by atoms with E-state index in [0.717, 1.165) is 25.3 Å². The lowest BCUT2D eigenvalue weighted by Gasteiger charge is -2.10. The number of esters is 1. The Labute approximate surface area is 119 Å². The summed E-state index contributed by atoms with van der Waals surface area (Å²) in [6.07, 6.45) is 3.67. The molecule has 0 atom stereocenters. The molecule has 0 bridgehead atoms. The maximum absolute atomic E-state index is 13.3. The van der Waals surface area contributed by atoms with E-state index < -0.39 is 26.7 Å². The number of benzene rings is 1. The number of hydrogen-bond acceptors (Lipinski definition) is 6. The van der Waals surface area contributed by atoms with Crippen molar-refractivity contribution in [3.63, 3.8) is 0 Å². The molecule has 1 heterocycles. The fourth-order valence-electron chi connectivity index (χ4n) is 1.56. The lowest BCUT2D eigenvalue weighted by Crippen LogP contribution is -2.18. The van der Waals surface area contributed by atoms with Crippen molar-refractivity contribution in [3.05, 3.63) is 48.3 Å². The summed E-state index contributed by atoms with van der Waals surface area (Å²) in [5, 5.41) is 0. The number of nitrogens with one attached hydrogen (secondary N) is 1. The first kappa shape index (κ1) is 14.9. The van der Waals surface area contributed by atoms with Gasteiger partial charge in [-0.25, -0.2) is 27.6 Å². The standard InChI is InChI=1S/C12H10FN3O4S/c1-20-12(17)10-3-2-8(13)4-11(10)21(18,19)16-9-5-14-7-15-6-9/h2-7,16H,1H3. The van der Waals surface area contributed by atoms with Crippen LogP contribution in [0, 0.1) is 5.82 Å². The smallest absolute Gasteiger partial charge is 0.339 e. The average Bonchev–Trinajstić information content (AvgIpc) is 2.47. The topological polar surface area (TPSA) is 98.2 Å². The summed E-state index contributed by atoms with van der Waals surface area (Å²) in [7, 11) is -3.09. The van der Waals surface area contributed by atoms with Gasteiger partial charge in [-0.1, -0.05) is 0 Å². The number of carbonyl (C=O) groups is 1. The Morgan fingerprint density at radius 3 is 2.57 bits per heavy atom. The maximum atomic E-state index is 13.3. The number of methoxy groups -OCH3 is 1. The first-order chi connectivity index (χ1) is 9.94. The molecule has 0 fully saturated rings. The van der Waals surface area contributed by atoms with Gasteiger partial charge < -0.3 is 4.74 Å². The first-order valence-corrected chi connectivity index (χ1v) is 7.08. The number of sulfonamides is 1. The summed E-state index contributed by atoms with van der Waals surface area (Å²) in [6, 6.07) is 2.74. The largest absolute Gasteiger partial charge is 0.465 e. The summed E-state index contributed by atoms with van der Waals surface area (Å²) >= 11 is 0. The van der Waals surface area contributed by atoms with Crippen LogP contribution in [0.5, 0.6) is 0 Å². The second kappa shape index (κ2) is 5.83. The van der Waals surface area contributed by atoms with Gasteiger partial charge in [0.05, 0.1) is 30.8 Å². The summed E-state index contributed by atoms with van der Waals surface area (Å²) in [6.45, 7) is 0. The van der Waals surface area contributed by atoms with E-state index in [1.54, 1.807) is 0 Å². The molecule has 0 radical (unpaired) electrons. The molecule has 7 nitrogen and oxygen atoms in total. The second-order valence-electron chi connectivity index (χ2n) is 3.86. The van der Waals surface area contributed by atoms with Crippen LogP contribution in [-0.2, 0) is 14.8 Å². The fraction of sp³-hybridized carbons (Fsp3) is 0.0833. The molecule has 1 aromatic carbocycles. The first-order valence-electron chi connectivity index (χ1n) is 5.60. The summed E-state index contributed by atoms with van der Waals surface area (Å²) in [5.41, 5.74) is -0.194. The number of halogens is 1. The van der Waals surface area contributed by atoms with Gasteiger partial charge in [0, 0.05) is 0 Å². The molecule has 0 aliphatic carbocycles. The SMILES string of the molecule is COC(=O)c1ccc(F)cc1S(=O)(=O)Nc1cncnc1.